The Bertz CT molecular complexity index is 980. The molecule has 0 aliphatic rings. The van der Waals surface area contributed by atoms with Crippen LogP contribution in [0.25, 0.3) is 0 Å². The van der Waals surface area contributed by atoms with E-state index in [2.05, 4.69) is 0 Å². The SMILES string of the molecule is O=C(OCc1ccccc1COC(=O)c1ccc(B(O)O)cc1)c1ccc(B(O)O)cc1. The van der Waals surface area contributed by atoms with Crippen molar-refractivity contribution >= 4 is 37.1 Å². The zero-order valence-corrected chi connectivity index (χ0v) is 16.9. The molecule has 3 aromatic carbocycles. The molecule has 0 heterocycles. The quantitative estimate of drug-likeness (QED) is 0.282. The molecule has 0 bridgehead atoms. The molecule has 0 saturated heterocycles. The number of hydrogen-bond acceptors (Lipinski definition) is 8. The molecule has 0 fully saturated rings. The Kier molecular flexibility index (Phi) is 7.80. The predicted octanol–water partition coefficient (Wildman–Crippen LogP) is -0.240. The Balaban J connectivity index is 1.59. The molecular weight excluding hydrogens is 414 g/mol. The first-order valence-corrected chi connectivity index (χ1v) is 9.68. The van der Waals surface area contributed by atoms with Crippen molar-refractivity contribution in [3.05, 3.63) is 95.1 Å². The topological polar surface area (TPSA) is 134 Å². The smallest absolute Gasteiger partial charge is 0.457 e. The van der Waals surface area contributed by atoms with Crippen LogP contribution in [0, 0.1) is 0 Å². The molecule has 0 radical (unpaired) electrons. The molecule has 3 rings (SSSR count). The van der Waals surface area contributed by atoms with Crippen LogP contribution in [0.5, 0.6) is 0 Å². The van der Waals surface area contributed by atoms with E-state index in [0.29, 0.717) is 11.1 Å². The van der Waals surface area contributed by atoms with Gasteiger partial charge in [0.25, 0.3) is 0 Å². The highest BCUT2D eigenvalue weighted by atomic mass is 16.5. The predicted molar refractivity (Wildman–Crippen MR) is 117 cm³/mol. The van der Waals surface area contributed by atoms with Gasteiger partial charge < -0.3 is 29.6 Å². The zero-order valence-electron chi connectivity index (χ0n) is 16.9. The zero-order chi connectivity index (χ0) is 23.1. The highest BCUT2D eigenvalue weighted by Crippen LogP contribution is 2.14. The molecule has 0 spiro atoms. The molecule has 10 heteroatoms. The van der Waals surface area contributed by atoms with Crippen LogP contribution in [0.3, 0.4) is 0 Å². The van der Waals surface area contributed by atoms with E-state index in [0.717, 1.165) is 0 Å². The molecule has 0 aliphatic heterocycles. The van der Waals surface area contributed by atoms with Crippen molar-refractivity contribution in [1.82, 2.24) is 0 Å². The van der Waals surface area contributed by atoms with E-state index < -0.39 is 26.2 Å². The van der Waals surface area contributed by atoms with E-state index in [1.54, 1.807) is 24.3 Å². The lowest BCUT2D eigenvalue weighted by Crippen LogP contribution is -2.29. The molecule has 0 amide bonds. The van der Waals surface area contributed by atoms with Gasteiger partial charge in [0.1, 0.15) is 13.2 Å². The van der Waals surface area contributed by atoms with Crippen LogP contribution in [0.2, 0.25) is 0 Å². The van der Waals surface area contributed by atoms with Crippen LogP contribution < -0.4 is 10.9 Å². The molecule has 162 valence electrons. The highest BCUT2D eigenvalue weighted by Gasteiger charge is 2.15. The third kappa shape index (κ3) is 6.05. The summed E-state index contributed by atoms with van der Waals surface area (Å²) in [4.78, 5) is 24.5. The minimum Gasteiger partial charge on any atom is -0.457 e. The van der Waals surface area contributed by atoms with Crippen molar-refractivity contribution in [3.63, 3.8) is 0 Å². The van der Waals surface area contributed by atoms with Gasteiger partial charge in [-0.15, -0.1) is 0 Å². The molecule has 0 aromatic heterocycles. The van der Waals surface area contributed by atoms with Crippen molar-refractivity contribution in [2.45, 2.75) is 13.2 Å². The molecule has 3 aromatic rings. The Morgan fingerprint density at radius 2 is 0.938 bits per heavy atom. The molecule has 0 saturated carbocycles. The van der Waals surface area contributed by atoms with Gasteiger partial charge in [0.15, 0.2) is 0 Å². The van der Waals surface area contributed by atoms with Gasteiger partial charge >= 0.3 is 26.2 Å². The van der Waals surface area contributed by atoms with Crippen molar-refractivity contribution in [2.24, 2.45) is 0 Å². The van der Waals surface area contributed by atoms with Gasteiger partial charge in [0, 0.05) is 0 Å². The number of benzene rings is 3. The lowest BCUT2D eigenvalue weighted by molar-refractivity contribution is 0.0435. The first-order chi connectivity index (χ1) is 15.3. The lowest BCUT2D eigenvalue weighted by atomic mass is 9.80. The lowest BCUT2D eigenvalue weighted by Gasteiger charge is -2.11. The molecule has 8 nitrogen and oxygen atoms in total. The van der Waals surface area contributed by atoms with Crippen LogP contribution in [0.1, 0.15) is 31.8 Å². The van der Waals surface area contributed by atoms with Crippen LogP contribution in [0.4, 0.5) is 0 Å². The summed E-state index contributed by atoms with van der Waals surface area (Å²) >= 11 is 0. The monoisotopic (exact) mass is 434 g/mol. The first kappa shape index (κ1) is 23.2. The van der Waals surface area contributed by atoms with E-state index in [1.807, 2.05) is 0 Å². The first-order valence-electron chi connectivity index (χ1n) is 9.68. The maximum absolute atomic E-state index is 12.3. The van der Waals surface area contributed by atoms with Crippen LogP contribution >= 0.6 is 0 Å². The summed E-state index contributed by atoms with van der Waals surface area (Å²) in [6.07, 6.45) is 0. The fourth-order valence-electron chi connectivity index (χ4n) is 2.88. The Morgan fingerprint density at radius 3 is 1.25 bits per heavy atom. The molecule has 32 heavy (non-hydrogen) atoms. The third-order valence-electron chi connectivity index (χ3n) is 4.72. The second kappa shape index (κ2) is 10.7. The average molecular weight is 434 g/mol. The number of carbonyl (C=O) groups excluding carboxylic acids is 2. The summed E-state index contributed by atoms with van der Waals surface area (Å²) in [5, 5.41) is 36.5. The van der Waals surface area contributed by atoms with E-state index in [-0.39, 0.29) is 35.3 Å². The van der Waals surface area contributed by atoms with Crippen molar-refractivity contribution in [1.29, 1.82) is 0 Å². The van der Waals surface area contributed by atoms with Crippen LogP contribution in [-0.4, -0.2) is 46.3 Å². The van der Waals surface area contributed by atoms with Gasteiger partial charge in [-0.3, -0.25) is 0 Å². The average Bonchev–Trinajstić information content (AvgIpc) is 2.81. The second-order valence-electron chi connectivity index (χ2n) is 6.91. The van der Waals surface area contributed by atoms with Gasteiger partial charge in [-0.1, -0.05) is 48.5 Å². The van der Waals surface area contributed by atoms with E-state index in [1.165, 1.54) is 48.5 Å². The minimum atomic E-state index is -1.62. The Morgan fingerprint density at radius 1 is 0.594 bits per heavy atom. The van der Waals surface area contributed by atoms with Crippen LogP contribution in [0.15, 0.2) is 72.8 Å². The summed E-state index contributed by atoms with van der Waals surface area (Å²) in [5.41, 5.74) is 2.36. The Hall–Kier alpha value is -3.43. The summed E-state index contributed by atoms with van der Waals surface area (Å²) < 4.78 is 10.7. The van der Waals surface area contributed by atoms with Gasteiger partial charge in [0.05, 0.1) is 11.1 Å². The summed E-state index contributed by atoms with van der Waals surface area (Å²) in [6, 6.07) is 18.5. The van der Waals surface area contributed by atoms with Gasteiger partial charge in [-0.05, 0) is 46.3 Å². The third-order valence-corrected chi connectivity index (χ3v) is 4.72. The number of esters is 2. The molecule has 0 aliphatic carbocycles. The number of hydrogen-bond donors (Lipinski definition) is 4. The minimum absolute atomic E-state index is 0.0416. The van der Waals surface area contributed by atoms with Crippen molar-refractivity contribution in [3.8, 4) is 0 Å². The van der Waals surface area contributed by atoms with E-state index in [4.69, 9.17) is 29.6 Å². The normalized spacial score (nSPS) is 10.4. The van der Waals surface area contributed by atoms with Gasteiger partial charge in [0.2, 0.25) is 0 Å². The van der Waals surface area contributed by atoms with E-state index >= 15 is 0 Å². The Labute approximate surface area is 185 Å². The largest absolute Gasteiger partial charge is 0.488 e. The molecule has 0 unspecified atom stereocenters. The molecular formula is C22H20B2O8. The fourth-order valence-corrected chi connectivity index (χ4v) is 2.88. The molecule has 4 N–H and O–H groups in total. The van der Waals surface area contributed by atoms with Crippen molar-refractivity contribution < 1.29 is 39.2 Å². The number of carbonyl (C=O) groups is 2. The number of ether oxygens (including phenoxy) is 2. The van der Waals surface area contributed by atoms with Crippen LogP contribution in [-0.2, 0) is 22.7 Å². The number of rotatable bonds is 8. The maximum atomic E-state index is 12.3. The standard InChI is InChI=1S/C22H20B2O8/c25-21(15-5-9-19(10-6-15)23(27)28)31-13-17-3-1-2-4-18(17)14-32-22(26)16-7-11-20(12-8-16)24(29)30/h1-12,27-30H,13-14H2. The summed E-state index contributed by atoms with van der Waals surface area (Å²) in [6.45, 7) is -0.0833. The fraction of sp³-hybridized carbons (Fsp3) is 0.0909. The second-order valence-corrected chi connectivity index (χ2v) is 6.91. The van der Waals surface area contributed by atoms with E-state index in [9.17, 15) is 9.59 Å². The van der Waals surface area contributed by atoms with Gasteiger partial charge in [-0.25, -0.2) is 9.59 Å². The molecule has 0 atom stereocenters. The van der Waals surface area contributed by atoms with Crippen molar-refractivity contribution in [2.75, 3.05) is 0 Å². The maximum Gasteiger partial charge on any atom is 0.488 e. The highest BCUT2D eigenvalue weighted by molar-refractivity contribution is 6.58. The van der Waals surface area contributed by atoms with Gasteiger partial charge in [-0.2, -0.15) is 0 Å². The summed E-state index contributed by atoms with van der Waals surface area (Å²) in [5.74, 6) is -1.16. The summed E-state index contributed by atoms with van der Waals surface area (Å²) in [7, 11) is -3.23.